The Morgan fingerprint density at radius 1 is 1.11 bits per heavy atom. The van der Waals surface area contributed by atoms with Gasteiger partial charge < -0.3 is 24.6 Å². The molecule has 2 N–H and O–H groups in total. The summed E-state index contributed by atoms with van der Waals surface area (Å²) in [6.45, 7) is 6.22. The topological polar surface area (TPSA) is 127 Å². The van der Waals surface area contributed by atoms with Gasteiger partial charge in [-0.2, -0.15) is 0 Å². The van der Waals surface area contributed by atoms with Crippen LogP contribution in [0.5, 0.6) is 17.2 Å². The van der Waals surface area contributed by atoms with Crippen molar-refractivity contribution in [2.75, 3.05) is 43.6 Å². The molecular weight excluding hydrogens is 750 g/mol. The van der Waals surface area contributed by atoms with Gasteiger partial charge in [-0.15, -0.1) is 0 Å². The van der Waals surface area contributed by atoms with E-state index in [2.05, 4.69) is 41.2 Å². The van der Waals surface area contributed by atoms with Crippen LogP contribution in [0.4, 0.5) is 5.69 Å². The number of aryl methyl sites for hydroxylation is 1. The lowest BCUT2D eigenvalue weighted by molar-refractivity contribution is -0.144. The fraction of sp³-hybridized carbons (Fsp3) is 0.591. The number of carbonyl (C=O) groups is 1. The second-order valence-corrected chi connectivity index (χ2v) is 20.3. The molecule has 3 aromatic rings. The Hall–Kier alpha value is -3.54. The number of ether oxygens (including phenoxy) is 3. The number of pyridine rings is 1. The predicted octanol–water partition coefficient (Wildman–Crippen LogP) is 7.85. The minimum absolute atomic E-state index is 0.191. The van der Waals surface area contributed by atoms with Crippen molar-refractivity contribution in [1.29, 1.82) is 0 Å². The van der Waals surface area contributed by atoms with Crippen LogP contribution in [0.15, 0.2) is 48.7 Å². The Labute approximate surface area is 336 Å². The molecule has 2 fully saturated rings. The van der Waals surface area contributed by atoms with E-state index in [0.717, 1.165) is 49.4 Å². The van der Waals surface area contributed by atoms with E-state index in [-0.39, 0.29) is 40.9 Å². The number of halogens is 1. The molecule has 1 saturated carbocycles. The normalized spacial score (nSPS) is 25.3. The van der Waals surface area contributed by atoms with E-state index in [1.165, 1.54) is 22.4 Å². The Morgan fingerprint density at radius 2 is 1.89 bits per heavy atom. The number of aliphatic carboxylic acids is 1. The predicted molar refractivity (Wildman–Crippen MR) is 218 cm³/mol. The first kappa shape index (κ1) is 39.3. The second kappa shape index (κ2) is 15.7. The number of sulfone groups is 1. The van der Waals surface area contributed by atoms with Gasteiger partial charge in [-0.1, -0.05) is 31.5 Å². The van der Waals surface area contributed by atoms with Gasteiger partial charge in [-0.3, -0.25) is 9.88 Å². The third-order valence-corrected chi connectivity index (χ3v) is 15.7. The molecule has 4 atom stereocenters. The van der Waals surface area contributed by atoms with Crippen molar-refractivity contribution in [3.8, 4) is 17.2 Å². The molecule has 12 heteroatoms. The van der Waals surface area contributed by atoms with Crippen molar-refractivity contribution in [1.82, 2.24) is 9.88 Å². The molecule has 0 bridgehead atoms. The minimum Gasteiger partial charge on any atom is -0.493 e. The molecule has 1 aromatic heterocycles. The number of rotatable bonds is 11. The largest absolute Gasteiger partial charge is 0.493 e. The number of benzene rings is 2. The van der Waals surface area contributed by atoms with Crippen LogP contribution in [0.1, 0.15) is 99.9 Å². The fourth-order valence-electron chi connectivity index (χ4n) is 10.6. The van der Waals surface area contributed by atoms with Crippen molar-refractivity contribution in [3.63, 3.8) is 0 Å². The number of carboxylic acids is 1. The summed E-state index contributed by atoms with van der Waals surface area (Å²) in [5.41, 5.74) is 4.30. The smallest absolute Gasteiger partial charge is 0.329 e. The molecule has 1 spiro atoms. The molecule has 0 radical (unpaired) electrons. The first-order valence-corrected chi connectivity index (χ1v) is 22.8. The minimum atomic E-state index is -2.94. The lowest BCUT2D eigenvalue weighted by Crippen LogP contribution is -2.53. The van der Waals surface area contributed by atoms with Crippen LogP contribution < -0.4 is 19.5 Å². The summed E-state index contributed by atoms with van der Waals surface area (Å²) in [6, 6.07) is 13.9. The van der Waals surface area contributed by atoms with Gasteiger partial charge in [-0.05, 0) is 148 Å². The molecule has 0 amide bonds. The quantitative estimate of drug-likeness (QED) is 0.198. The Balaban J connectivity index is 1.03. The number of hydrogen-bond acceptors (Lipinski definition) is 9. The van der Waals surface area contributed by atoms with Gasteiger partial charge in [0.2, 0.25) is 0 Å². The van der Waals surface area contributed by atoms with Crippen molar-refractivity contribution in [2.45, 2.75) is 113 Å². The standard InChI is InChI=1S/C44H56ClN3O7S/c1-28(26-53-38-10-17-46-37-9-4-6-29(2)41(37)38)20-31-21-30-22-39-40(55-35(27-54-39)25-48(3)34-11-18-56(51,52)19-12-34)24-36(30)43(31)13-15-44(16-14-43,42(49)50)47-33-8-5-7-32(45)23-33/h5,7-8,10,17,22-24,28-29,31,34-35,47H,4,6,9,11-16,18-21,25-27H2,1-3H3,(H,49,50)/t28-,29-,31+,35+,43?,44?/m1/s1. The Bertz CT molecular complexity index is 2040. The number of aromatic nitrogens is 1. The number of nitrogens with zero attached hydrogens (tertiary/aromatic N) is 2. The SMILES string of the molecule is C[C@@H](COc1ccnc2c1[C@H](C)CCC2)C[C@H]1Cc2cc3c(cc2C12CCC(Nc1cccc(Cl)c1)(C(=O)O)CC2)O[C@@H](CN(C)C1CCS(=O)(=O)CC1)CO3. The van der Waals surface area contributed by atoms with Crippen molar-refractivity contribution >= 4 is 33.1 Å². The molecule has 5 aliphatic rings. The van der Waals surface area contributed by atoms with E-state index in [1.807, 2.05) is 31.4 Å². The molecule has 302 valence electrons. The summed E-state index contributed by atoms with van der Waals surface area (Å²) in [4.78, 5) is 20.0. The highest BCUT2D eigenvalue weighted by Gasteiger charge is 2.54. The number of anilines is 1. The van der Waals surface area contributed by atoms with Crippen LogP contribution in [-0.2, 0) is 32.9 Å². The maximum Gasteiger partial charge on any atom is 0.329 e. The van der Waals surface area contributed by atoms with Gasteiger partial charge in [0, 0.05) is 40.8 Å². The van der Waals surface area contributed by atoms with Gasteiger partial charge in [-0.25, -0.2) is 13.2 Å². The van der Waals surface area contributed by atoms with Gasteiger partial charge in [0.05, 0.1) is 18.1 Å². The highest BCUT2D eigenvalue weighted by atomic mass is 35.5. The molecule has 0 unspecified atom stereocenters. The maximum atomic E-state index is 13.1. The van der Waals surface area contributed by atoms with Crippen LogP contribution >= 0.6 is 11.6 Å². The first-order valence-electron chi connectivity index (χ1n) is 20.6. The lowest BCUT2D eigenvalue weighted by atomic mass is 9.59. The maximum absolute atomic E-state index is 13.1. The van der Waals surface area contributed by atoms with Crippen LogP contribution in [0.2, 0.25) is 5.02 Å². The Morgan fingerprint density at radius 3 is 2.64 bits per heavy atom. The highest BCUT2D eigenvalue weighted by Crippen LogP contribution is 2.58. The monoisotopic (exact) mass is 805 g/mol. The zero-order valence-corrected chi connectivity index (χ0v) is 34.5. The van der Waals surface area contributed by atoms with E-state index in [1.54, 1.807) is 12.1 Å². The van der Waals surface area contributed by atoms with Crippen LogP contribution in [0.3, 0.4) is 0 Å². The molecule has 2 aromatic carbocycles. The van der Waals surface area contributed by atoms with E-state index in [0.29, 0.717) is 74.9 Å². The number of carboxylic acid groups (broad SMARTS) is 1. The number of likely N-dealkylation sites (N-methyl/N-ethyl adjacent to an activating group) is 1. The lowest BCUT2D eigenvalue weighted by Gasteiger charge is -2.47. The van der Waals surface area contributed by atoms with Crippen LogP contribution in [-0.4, -0.2) is 85.4 Å². The molecule has 3 aliphatic carbocycles. The molecule has 3 heterocycles. The summed E-state index contributed by atoms with van der Waals surface area (Å²) in [7, 11) is -0.891. The van der Waals surface area contributed by atoms with Gasteiger partial charge in [0.1, 0.15) is 33.8 Å². The molecule has 2 aliphatic heterocycles. The average Bonchev–Trinajstić information content (AvgIpc) is 3.44. The second-order valence-electron chi connectivity index (χ2n) is 17.5. The Kier molecular flexibility index (Phi) is 11.0. The third kappa shape index (κ3) is 7.84. The van der Waals surface area contributed by atoms with E-state index in [4.69, 9.17) is 25.8 Å². The van der Waals surface area contributed by atoms with Crippen molar-refractivity contribution in [2.24, 2.45) is 11.8 Å². The molecule has 56 heavy (non-hydrogen) atoms. The summed E-state index contributed by atoms with van der Waals surface area (Å²) in [5.74, 6) is 3.06. The summed E-state index contributed by atoms with van der Waals surface area (Å²) in [5, 5.41) is 14.7. The van der Waals surface area contributed by atoms with Crippen LogP contribution in [0, 0.1) is 11.8 Å². The van der Waals surface area contributed by atoms with Crippen molar-refractivity contribution in [3.05, 3.63) is 76.1 Å². The number of fused-ring (bicyclic) bond motifs is 4. The fourth-order valence-corrected chi connectivity index (χ4v) is 12.3. The first-order chi connectivity index (χ1) is 26.8. The van der Waals surface area contributed by atoms with Gasteiger partial charge in [0.15, 0.2) is 11.5 Å². The van der Waals surface area contributed by atoms with E-state index in [9.17, 15) is 18.3 Å². The average molecular weight is 806 g/mol. The molecule has 8 rings (SSSR count). The highest BCUT2D eigenvalue weighted by molar-refractivity contribution is 7.91. The molecule has 1 saturated heterocycles. The zero-order valence-electron chi connectivity index (χ0n) is 32.9. The summed E-state index contributed by atoms with van der Waals surface area (Å²) in [6.07, 6.45) is 10.5. The molecular formula is C44H56ClN3O7S. The van der Waals surface area contributed by atoms with Crippen LogP contribution in [0.25, 0.3) is 0 Å². The van der Waals surface area contributed by atoms with Crippen molar-refractivity contribution < 1.29 is 32.5 Å². The van der Waals surface area contributed by atoms with E-state index < -0.39 is 21.3 Å². The van der Waals surface area contributed by atoms with Gasteiger partial charge in [0.25, 0.3) is 0 Å². The number of hydrogen-bond donors (Lipinski definition) is 2. The molecule has 10 nitrogen and oxygen atoms in total. The van der Waals surface area contributed by atoms with Gasteiger partial charge >= 0.3 is 5.97 Å². The zero-order chi connectivity index (χ0) is 39.2. The number of nitrogens with one attached hydrogen (secondary N) is 1. The summed E-state index contributed by atoms with van der Waals surface area (Å²) < 4.78 is 43.8. The third-order valence-electron chi connectivity index (χ3n) is 13.7. The summed E-state index contributed by atoms with van der Waals surface area (Å²) >= 11 is 6.31. The van der Waals surface area contributed by atoms with E-state index >= 15 is 0 Å².